The minimum Gasteiger partial charge on any atom is -0.494 e. The number of amides is 2. The fourth-order valence-electron chi connectivity index (χ4n) is 2.57. The van der Waals surface area contributed by atoms with Crippen LogP contribution in [0.3, 0.4) is 0 Å². The van der Waals surface area contributed by atoms with Crippen LogP contribution in [0.5, 0.6) is 11.5 Å². The first-order valence-electron chi connectivity index (χ1n) is 10.2. The van der Waals surface area contributed by atoms with Gasteiger partial charge in [-0.15, -0.1) is 0 Å². The zero-order valence-corrected chi connectivity index (χ0v) is 20.6. The summed E-state index contributed by atoms with van der Waals surface area (Å²) in [5.74, 6) is 1.63. The average Bonchev–Trinajstić information content (AvgIpc) is 3.27. The van der Waals surface area contributed by atoms with Crippen LogP contribution < -0.4 is 20.1 Å². The molecule has 0 radical (unpaired) electrons. The summed E-state index contributed by atoms with van der Waals surface area (Å²) < 4.78 is 15.7. The van der Waals surface area contributed by atoms with Crippen molar-refractivity contribution >= 4 is 58.2 Å². The van der Waals surface area contributed by atoms with Crippen molar-refractivity contribution in [3.8, 4) is 11.5 Å². The second-order valence-corrected chi connectivity index (χ2v) is 9.35. The highest BCUT2D eigenvalue weighted by Gasteiger charge is 2.11. The molecule has 0 saturated carbocycles. The number of hydrogen-bond donors (Lipinski definition) is 2. The van der Waals surface area contributed by atoms with Crippen molar-refractivity contribution in [1.82, 2.24) is 9.36 Å². The van der Waals surface area contributed by atoms with Crippen LogP contribution in [0.4, 0.5) is 11.4 Å². The summed E-state index contributed by atoms with van der Waals surface area (Å²) in [7, 11) is 0. The van der Waals surface area contributed by atoms with Crippen LogP contribution in [-0.4, -0.2) is 45.9 Å². The van der Waals surface area contributed by atoms with E-state index in [0.717, 1.165) is 11.5 Å². The Bertz CT molecular complexity index is 961. The monoisotopic (exact) mass is 504 g/mol. The number of hydrogen-bond acceptors (Lipinski definition) is 9. The highest BCUT2D eigenvalue weighted by Crippen LogP contribution is 2.25. The first-order chi connectivity index (χ1) is 16.1. The Morgan fingerprint density at radius 3 is 1.79 bits per heavy atom. The number of rotatable bonds is 12. The van der Waals surface area contributed by atoms with Crippen molar-refractivity contribution in [3.63, 3.8) is 0 Å². The van der Waals surface area contributed by atoms with Gasteiger partial charge in [-0.3, -0.25) is 9.59 Å². The lowest BCUT2D eigenvalue weighted by molar-refractivity contribution is -0.114. The molecule has 0 unspecified atom stereocenters. The van der Waals surface area contributed by atoms with Gasteiger partial charge in [0, 0.05) is 11.4 Å². The van der Waals surface area contributed by atoms with Crippen molar-refractivity contribution in [3.05, 3.63) is 48.5 Å². The second kappa shape index (κ2) is 13.1. The summed E-state index contributed by atoms with van der Waals surface area (Å²) in [6.07, 6.45) is 0. The maximum Gasteiger partial charge on any atom is 0.234 e. The number of ether oxygens (including phenoxy) is 2. The minimum atomic E-state index is -0.150. The molecule has 11 heteroatoms. The lowest BCUT2D eigenvalue weighted by Crippen LogP contribution is -2.14. The summed E-state index contributed by atoms with van der Waals surface area (Å²) in [6.45, 7) is 5.03. The zero-order chi connectivity index (χ0) is 23.5. The number of benzene rings is 2. The molecule has 0 aliphatic carbocycles. The van der Waals surface area contributed by atoms with Gasteiger partial charge in [-0.25, -0.2) is 4.98 Å². The van der Waals surface area contributed by atoms with Gasteiger partial charge in [0.1, 0.15) is 11.5 Å². The molecule has 2 N–H and O–H groups in total. The van der Waals surface area contributed by atoms with Crippen LogP contribution in [0.25, 0.3) is 0 Å². The summed E-state index contributed by atoms with van der Waals surface area (Å²) in [6, 6.07) is 14.4. The Balaban J connectivity index is 1.38. The molecular formula is C22H24N4O4S3. The minimum absolute atomic E-state index is 0.136. The molecule has 0 fully saturated rings. The molecule has 3 aromatic rings. The van der Waals surface area contributed by atoms with E-state index in [1.807, 2.05) is 38.1 Å². The van der Waals surface area contributed by atoms with E-state index in [2.05, 4.69) is 20.0 Å². The van der Waals surface area contributed by atoms with E-state index in [-0.39, 0.29) is 23.3 Å². The lowest BCUT2D eigenvalue weighted by Gasteiger charge is -2.06. The van der Waals surface area contributed by atoms with Crippen LogP contribution in [0.15, 0.2) is 58.0 Å². The van der Waals surface area contributed by atoms with E-state index in [1.165, 1.54) is 35.1 Å². The van der Waals surface area contributed by atoms with Gasteiger partial charge in [-0.05, 0) is 73.9 Å². The third-order valence-electron chi connectivity index (χ3n) is 3.95. The van der Waals surface area contributed by atoms with E-state index in [1.54, 1.807) is 24.3 Å². The SMILES string of the molecule is CCOc1ccc(NC(=O)CSc2nsc(SCC(=O)Nc3ccc(OCC)cc3)n2)cc1. The highest BCUT2D eigenvalue weighted by molar-refractivity contribution is 8.02. The summed E-state index contributed by atoms with van der Waals surface area (Å²) >= 11 is 3.76. The quantitative estimate of drug-likeness (QED) is 0.339. The van der Waals surface area contributed by atoms with E-state index in [0.29, 0.717) is 34.1 Å². The number of thioether (sulfide) groups is 2. The number of carbonyl (C=O) groups is 2. The average molecular weight is 505 g/mol. The van der Waals surface area contributed by atoms with Crippen molar-refractivity contribution in [2.75, 3.05) is 35.4 Å². The standard InChI is InChI=1S/C22H24N4O4S3/c1-3-29-17-9-5-15(6-10-17)23-19(27)13-31-21-25-22(33-26-21)32-14-20(28)24-16-7-11-18(12-8-16)30-4-2/h5-12H,3-4,13-14H2,1-2H3,(H,23,27)(H,24,28). The molecule has 0 aliphatic heterocycles. The van der Waals surface area contributed by atoms with E-state index >= 15 is 0 Å². The number of anilines is 2. The largest absolute Gasteiger partial charge is 0.494 e. The maximum absolute atomic E-state index is 12.2. The molecule has 0 aliphatic rings. The molecule has 8 nitrogen and oxygen atoms in total. The maximum atomic E-state index is 12.2. The van der Waals surface area contributed by atoms with E-state index < -0.39 is 0 Å². The Kier molecular flexibility index (Phi) is 9.85. The molecule has 3 rings (SSSR count). The molecule has 1 aromatic heterocycles. The number of nitrogens with zero attached hydrogens (tertiary/aromatic N) is 2. The molecule has 0 spiro atoms. The van der Waals surface area contributed by atoms with Gasteiger partial charge in [0.25, 0.3) is 0 Å². The first-order valence-corrected chi connectivity index (χ1v) is 12.9. The zero-order valence-electron chi connectivity index (χ0n) is 18.2. The van der Waals surface area contributed by atoms with Gasteiger partial charge < -0.3 is 20.1 Å². The summed E-state index contributed by atoms with van der Waals surface area (Å²) in [4.78, 5) is 28.7. The number of carbonyl (C=O) groups excluding carboxylic acids is 2. The van der Waals surface area contributed by atoms with Crippen molar-refractivity contribution in [2.45, 2.75) is 23.3 Å². The van der Waals surface area contributed by atoms with Gasteiger partial charge in [-0.1, -0.05) is 23.5 Å². The predicted molar refractivity (Wildman–Crippen MR) is 134 cm³/mol. The molecule has 0 atom stereocenters. The van der Waals surface area contributed by atoms with Crippen LogP contribution >= 0.6 is 35.1 Å². The Hall–Kier alpha value is -2.76. The lowest BCUT2D eigenvalue weighted by atomic mass is 10.3. The Morgan fingerprint density at radius 2 is 1.30 bits per heavy atom. The van der Waals surface area contributed by atoms with Crippen LogP contribution in [0.2, 0.25) is 0 Å². The second-order valence-electron chi connectivity index (χ2n) is 6.43. The summed E-state index contributed by atoms with van der Waals surface area (Å²) in [5, 5.41) is 6.18. The normalized spacial score (nSPS) is 10.5. The predicted octanol–water partition coefficient (Wildman–Crippen LogP) is 4.80. The highest BCUT2D eigenvalue weighted by atomic mass is 32.2. The smallest absolute Gasteiger partial charge is 0.234 e. The summed E-state index contributed by atoms with van der Waals surface area (Å²) in [5.41, 5.74) is 1.40. The van der Waals surface area contributed by atoms with E-state index in [9.17, 15) is 9.59 Å². The first kappa shape index (κ1) is 24.9. The van der Waals surface area contributed by atoms with Gasteiger partial charge in [0.05, 0.1) is 24.7 Å². The van der Waals surface area contributed by atoms with Crippen LogP contribution in [0, 0.1) is 0 Å². The van der Waals surface area contributed by atoms with Crippen molar-refractivity contribution in [2.24, 2.45) is 0 Å². The van der Waals surface area contributed by atoms with Crippen LogP contribution in [0.1, 0.15) is 13.8 Å². The topological polar surface area (TPSA) is 102 Å². The third kappa shape index (κ3) is 8.60. The fraction of sp³-hybridized carbons (Fsp3) is 0.273. The van der Waals surface area contributed by atoms with E-state index in [4.69, 9.17) is 9.47 Å². The third-order valence-corrected chi connectivity index (χ3v) is 6.74. The molecule has 33 heavy (non-hydrogen) atoms. The molecule has 2 amide bonds. The van der Waals surface area contributed by atoms with Gasteiger partial charge in [0.2, 0.25) is 17.0 Å². The number of aromatic nitrogens is 2. The molecule has 174 valence electrons. The Morgan fingerprint density at radius 1 is 0.818 bits per heavy atom. The van der Waals surface area contributed by atoms with Crippen LogP contribution in [-0.2, 0) is 9.59 Å². The molecule has 0 saturated heterocycles. The molecular weight excluding hydrogens is 480 g/mol. The van der Waals surface area contributed by atoms with Gasteiger partial charge in [-0.2, -0.15) is 4.37 Å². The molecule has 2 aromatic carbocycles. The van der Waals surface area contributed by atoms with Crippen molar-refractivity contribution < 1.29 is 19.1 Å². The number of nitrogens with one attached hydrogen (secondary N) is 2. The van der Waals surface area contributed by atoms with Gasteiger partial charge >= 0.3 is 0 Å². The van der Waals surface area contributed by atoms with Gasteiger partial charge in [0.15, 0.2) is 4.34 Å². The molecule has 1 heterocycles. The Labute approximate surface area is 205 Å². The van der Waals surface area contributed by atoms with Crippen molar-refractivity contribution in [1.29, 1.82) is 0 Å². The fourth-order valence-corrected chi connectivity index (χ4v) is 4.80. The molecule has 0 bridgehead atoms.